The summed E-state index contributed by atoms with van der Waals surface area (Å²) in [7, 11) is 0. The largest absolute Gasteiger partial charge is 0.490 e. The van der Waals surface area contributed by atoms with E-state index in [0.29, 0.717) is 6.10 Å². The molecule has 28 heavy (non-hydrogen) atoms. The molecule has 1 saturated heterocycles. The second kappa shape index (κ2) is 8.52. The van der Waals surface area contributed by atoms with Crippen LogP contribution in [0.25, 0.3) is 10.8 Å². The van der Waals surface area contributed by atoms with Crippen molar-refractivity contribution in [2.75, 3.05) is 13.1 Å². The first kappa shape index (κ1) is 19.3. The van der Waals surface area contributed by atoms with Crippen LogP contribution in [0, 0.1) is 11.8 Å². The maximum Gasteiger partial charge on any atom is 0.306 e. The molecule has 2 aliphatic rings. The van der Waals surface area contributed by atoms with E-state index < -0.39 is 5.97 Å². The minimum absolute atomic E-state index is 0.171. The van der Waals surface area contributed by atoms with E-state index in [0.717, 1.165) is 57.0 Å². The minimum Gasteiger partial charge on any atom is -0.490 e. The van der Waals surface area contributed by atoms with Gasteiger partial charge in [-0.2, -0.15) is 0 Å². The van der Waals surface area contributed by atoms with Gasteiger partial charge in [-0.1, -0.05) is 31.2 Å². The van der Waals surface area contributed by atoms with Crippen LogP contribution >= 0.6 is 0 Å². The predicted octanol–water partition coefficient (Wildman–Crippen LogP) is 5.09. The third-order valence-corrected chi connectivity index (χ3v) is 6.50. The smallest absolute Gasteiger partial charge is 0.306 e. The number of carboxylic acid groups (broad SMARTS) is 1. The summed E-state index contributed by atoms with van der Waals surface area (Å²) < 4.78 is 6.37. The van der Waals surface area contributed by atoms with E-state index in [-0.39, 0.29) is 5.92 Å². The molecule has 1 aliphatic heterocycles. The van der Waals surface area contributed by atoms with Gasteiger partial charge in [0.1, 0.15) is 5.75 Å². The van der Waals surface area contributed by atoms with Crippen LogP contribution in [-0.2, 0) is 11.3 Å². The van der Waals surface area contributed by atoms with Gasteiger partial charge in [-0.15, -0.1) is 0 Å². The molecular formula is C24H31NO3. The van der Waals surface area contributed by atoms with E-state index in [9.17, 15) is 4.79 Å². The lowest BCUT2D eigenvalue weighted by molar-refractivity contribution is -0.143. The zero-order valence-corrected chi connectivity index (χ0v) is 16.8. The molecule has 2 fully saturated rings. The van der Waals surface area contributed by atoms with Crippen LogP contribution < -0.4 is 4.74 Å². The van der Waals surface area contributed by atoms with Gasteiger partial charge in [-0.05, 0) is 80.6 Å². The maximum atomic E-state index is 11.1. The Hall–Kier alpha value is -2.07. The number of aliphatic carboxylic acids is 1. The number of rotatable bonds is 5. The van der Waals surface area contributed by atoms with Crippen LogP contribution in [0.15, 0.2) is 36.4 Å². The molecule has 0 unspecified atom stereocenters. The molecule has 0 aromatic heterocycles. The monoisotopic (exact) mass is 381 g/mol. The SMILES string of the molecule is C[C@H]1CC[C@H](Oc2cccc3cc(CN4CCC(C(=O)O)CC4)ccc23)CC1. The summed E-state index contributed by atoms with van der Waals surface area (Å²) in [6.07, 6.45) is 6.68. The number of likely N-dealkylation sites (tertiary alicyclic amines) is 1. The van der Waals surface area contributed by atoms with Crippen molar-refractivity contribution in [1.29, 1.82) is 0 Å². The summed E-state index contributed by atoms with van der Waals surface area (Å²) in [6.45, 7) is 4.93. The number of piperidine rings is 1. The number of benzene rings is 2. The molecule has 0 bridgehead atoms. The standard InChI is InChI=1S/C24H31NO3/c1-17-5-8-21(9-6-17)28-23-4-2-3-20-15-18(7-10-22(20)23)16-25-13-11-19(12-14-25)24(26)27/h2-4,7,10,15,17,19,21H,5-6,8-9,11-14,16H2,1H3,(H,26,27)/t17-,21-. The number of fused-ring (bicyclic) bond motifs is 1. The van der Waals surface area contributed by atoms with Crippen molar-refractivity contribution < 1.29 is 14.6 Å². The molecule has 0 amide bonds. The Balaban J connectivity index is 1.42. The van der Waals surface area contributed by atoms with Crippen LogP contribution in [0.5, 0.6) is 5.75 Å². The van der Waals surface area contributed by atoms with Crippen molar-refractivity contribution in [3.63, 3.8) is 0 Å². The normalized spacial score (nSPS) is 24.3. The van der Waals surface area contributed by atoms with Crippen LogP contribution in [0.3, 0.4) is 0 Å². The van der Waals surface area contributed by atoms with Gasteiger partial charge in [0.15, 0.2) is 0 Å². The molecule has 4 nitrogen and oxygen atoms in total. The van der Waals surface area contributed by atoms with E-state index >= 15 is 0 Å². The highest BCUT2D eigenvalue weighted by Gasteiger charge is 2.24. The van der Waals surface area contributed by atoms with Gasteiger partial charge in [-0.3, -0.25) is 9.69 Å². The van der Waals surface area contributed by atoms with Gasteiger partial charge in [0, 0.05) is 11.9 Å². The van der Waals surface area contributed by atoms with Crippen molar-refractivity contribution in [2.45, 2.75) is 58.1 Å². The lowest BCUT2D eigenvalue weighted by atomic mass is 9.89. The second-order valence-corrected chi connectivity index (χ2v) is 8.70. The Morgan fingerprint density at radius 2 is 1.82 bits per heavy atom. The van der Waals surface area contributed by atoms with Crippen LogP contribution in [-0.4, -0.2) is 35.2 Å². The number of carboxylic acids is 1. The summed E-state index contributed by atoms with van der Waals surface area (Å²) in [5, 5.41) is 11.6. The lowest BCUT2D eigenvalue weighted by Gasteiger charge is -2.30. The first-order chi connectivity index (χ1) is 13.6. The molecule has 150 valence electrons. The van der Waals surface area contributed by atoms with Crippen LogP contribution in [0.1, 0.15) is 51.0 Å². The van der Waals surface area contributed by atoms with Crippen molar-refractivity contribution in [1.82, 2.24) is 4.90 Å². The number of hydrogen-bond acceptors (Lipinski definition) is 3. The van der Waals surface area contributed by atoms with Gasteiger partial charge in [0.25, 0.3) is 0 Å². The van der Waals surface area contributed by atoms with Crippen LogP contribution in [0.2, 0.25) is 0 Å². The summed E-state index contributed by atoms with van der Waals surface area (Å²) in [6, 6.07) is 13.0. The Morgan fingerprint density at radius 3 is 2.54 bits per heavy atom. The van der Waals surface area contributed by atoms with Gasteiger partial charge >= 0.3 is 5.97 Å². The number of nitrogens with zero attached hydrogens (tertiary/aromatic N) is 1. The van der Waals surface area contributed by atoms with E-state index in [1.165, 1.54) is 29.2 Å². The van der Waals surface area contributed by atoms with Gasteiger partial charge in [-0.25, -0.2) is 0 Å². The third kappa shape index (κ3) is 4.49. The Bertz CT molecular complexity index is 818. The third-order valence-electron chi connectivity index (χ3n) is 6.50. The first-order valence-electron chi connectivity index (χ1n) is 10.7. The Labute approximate surface area is 167 Å². The zero-order chi connectivity index (χ0) is 19.5. The fourth-order valence-electron chi connectivity index (χ4n) is 4.63. The van der Waals surface area contributed by atoms with Crippen molar-refractivity contribution in [3.8, 4) is 5.75 Å². The molecule has 1 N–H and O–H groups in total. The quantitative estimate of drug-likeness (QED) is 0.783. The number of carbonyl (C=O) groups is 1. The van der Waals surface area contributed by atoms with Gasteiger partial charge in [0.2, 0.25) is 0 Å². The summed E-state index contributed by atoms with van der Waals surface area (Å²) in [5.41, 5.74) is 1.28. The molecule has 4 rings (SSSR count). The summed E-state index contributed by atoms with van der Waals surface area (Å²) in [4.78, 5) is 13.5. The van der Waals surface area contributed by atoms with Gasteiger partial charge < -0.3 is 9.84 Å². The minimum atomic E-state index is -0.648. The number of ether oxygens (including phenoxy) is 1. The van der Waals surface area contributed by atoms with E-state index in [1.807, 2.05) is 0 Å². The Kier molecular flexibility index (Phi) is 5.86. The number of hydrogen-bond donors (Lipinski definition) is 1. The average Bonchev–Trinajstić information content (AvgIpc) is 2.70. The fraction of sp³-hybridized carbons (Fsp3) is 0.542. The molecule has 4 heteroatoms. The maximum absolute atomic E-state index is 11.1. The highest BCUT2D eigenvalue weighted by atomic mass is 16.5. The van der Waals surface area contributed by atoms with Crippen molar-refractivity contribution >= 4 is 16.7 Å². The molecule has 2 aromatic carbocycles. The average molecular weight is 382 g/mol. The van der Waals surface area contributed by atoms with Gasteiger partial charge in [0.05, 0.1) is 12.0 Å². The van der Waals surface area contributed by atoms with Crippen LogP contribution in [0.4, 0.5) is 0 Å². The molecule has 0 atom stereocenters. The van der Waals surface area contributed by atoms with E-state index in [1.54, 1.807) is 0 Å². The first-order valence-corrected chi connectivity index (χ1v) is 10.7. The second-order valence-electron chi connectivity index (χ2n) is 8.70. The predicted molar refractivity (Wildman–Crippen MR) is 112 cm³/mol. The molecule has 2 aromatic rings. The molecular weight excluding hydrogens is 350 g/mol. The lowest BCUT2D eigenvalue weighted by Crippen LogP contribution is -2.35. The highest BCUT2D eigenvalue weighted by Crippen LogP contribution is 2.32. The molecule has 1 heterocycles. The Morgan fingerprint density at radius 1 is 1.07 bits per heavy atom. The summed E-state index contributed by atoms with van der Waals surface area (Å²) in [5.74, 6) is 1.02. The molecule has 0 radical (unpaired) electrons. The molecule has 0 spiro atoms. The molecule has 1 saturated carbocycles. The fourth-order valence-corrected chi connectivity index (χ4v) is 4.63. The van der Waals surface area contributed by atoms with E-state index in [4.69, 9.17) is 9.84 Å². The van der Waals surface area contributed by atoms with Crippen molar-refractivity contribution in [3.05, 3.63) is 42.0 Å². The highest BCUT2D eigenvalue weighted by molar-refractivity contribution is 5.88. The van der Waals surface area contributed by atoms with Crippen molar-refractivity contribution in [2.24, 2.45) is 11.8 Å². The summed E-state index contributed by atoms with van der Waals surface area (Å²) >= 11 is 0. The molecule has 1 aliphatic carbocycles. The topological polar surface area (TPSA) is 49.8 Å². The zero-order valence-electron chi connectivity index (χ0n) is 16.8. The van der Waals surface area contributed by atoms with E-state index in [2.05, 4.69) is 48.2 Å².